The molecule has 18 heavy (non-hydrogen) atoms. The molecule has 1 aliphatic rings. The second kappa shape index (κ2) is 4.48. The van der Waals surface area contributed by atoms with Gasteiger partial charge in [-0.1, -0.05) is 0 Å². The first-order valence-corrected chi connectivity index (χ1v) is 6.64. The third kappa shape index (κ3) is 1.97. The van der Waals surface area contributed by atoms with Gasteiger partial charge in [0.2, 0.25) is 0 Å². The van der Waals surface area contributed by atoms with Crippen LogP contribution in [0, 0.1) is 5.82 Å². The Morgan fingerprint density at radius 3 is 2.67 bits per heavy atom. The van der Waals surface area contributed by atoms with E-state index in [1.807, 2.05) is 0 Å². The van der Waals surface area contributed by atoms with E-state index in [0.717, 1.165) is 35.6 Å². The molecule has 0 spiro atoms. The van der Waals surface area contributed by atoms with E-state index >= 15 is 0 Å². The molecule has 1 aliphatic heterocycles. The van der Waals surface area contributed by atoms with E-state index in [1.165, 1.54) is 17.8 Å². The molecular formula is C13H13BrFN3. The predicted octanol–water partition coefficient (Wildman–Crippen LogP) is 2.90. The average molecular weight is 310 g/mol. The lowest BCUT2D eigenvalue weighted by Crippen LogP contribution is -2.30. The Labute approximate surface area is 113 Å². The number of rotatable bonds is 1. The van der Waals surface area contributed by atoms with Crippen LogP contribution in [0.2, 0.25) is 0 Å². The van der Waals surface area contributed by atoms with E-state index < -0.39 is 0 Å². The molecule has 2 aromatic rings. The molecule has 1 aromatic carbocycles. The molecular weight excluding hydrogens is 297 g/mol. The maximum Gasteiger partial charge on any atom is 0.141 e. The number of hydrogen-bond acceptors (Lipinski definition) is 2. The highest BCUT2D eigenvalue weighted by Crippen LogP contribution is 2.28. The van der Waals surface area contributed by atoms with Gasteiger partial charge in [0, 0.05) is 25.2 Å². The SMILES string of the molecule is CN1CCn2c(-c3ccc(F)cc3)nc(Br)c2C1. The van der Waals surface area contributed by atoms with E-state index in [9.17, 15) is 4.39 Å². The first-order valence-electron chi connectivity index (χ1n) is 5.84. The smallest absolute Gasteiger partial charge is 0.141 e. The molecule has 94 valence electrons. The first-order chi connectivity index (χ1) is 8.65. The van der Waals surface area contributed by atoms with Crippen LogP contribution in [0.4, 0.5) is 4.39 Å². The van der Waals surface area contributed by atoms with E-state index in [4.69, 9.17) is 0 Å². The number of fused-ring (bicyclic) bond motifs is 1. The third-order valence-corrected chi connectivity index (χ3v) is 3.89. The highest BCUT2D eigenvalue weighted by Gasteiger charge is 2.21. The second-order valence-electron chi connectivity index (χ2n) is 4.57. The number of likely N-dealkylation sites (N-methyl/N-ethyl adjacent to an activating group) is 1. The normalized spacial score (nSPS) is 15.7. The van der Waals surface area contributed by atoms with Crippen molar-refractivity contribution in [3.63, 3.8) is 0 Å². The standard InChI is InChI=1S/C13H13BrFN3/c1-17-6-7-18-11(8-17)12(14)16-13(18)9-2-4-10(15)5-3-9/h2-5H,6-8H2,1H3. The molecule has 3 rings (SSSR count). The Morgan fingerprint density at radius 2 is 1.94 bits per heavy atom. The van der Waals surface area contributed by atoms with Crippen LogP contribution in [0.25, 0.3) is 11.4 Å². The van der Waals surface area contributed by atoms with E-state index in [0.29, 0.717) is 0 Å². The zero-order valence-corrected chi connectivity index (χ0v) is 11.6. The van der Waals surface area contributed by atoms with Gasteiger partial charge in [0.05, 0.1) is 5.69 Å². The summed E-state index contributed by atoms with van der Waals surface area (Å²) < 4.78 is 16.0. The summed E-state index contributed by atoms with van der Waals surface area (Å²) in [4.78, 5) is 6.82. The molecule has 2 heterocycles. The molecule has 0 saturated carbocycles. The maximum absolute atomic E-state index is 13.0. The topological polar surface area (TPSA) is 21.1 Å². The van der Waals surface area contributed by atoms with Crippen molar-refractivity contribution in [2.45, 2.75) is 13.1 Å². The fourth-order valence-electron chi connectivity index (χ4n) is 2.27. The lowest BCUT2D eigenvalue weighted by atomic mass is 10.2. The zero-order chi connectivity index (χ0) is 12.7. The Kier molecular flexibility index (Phi) is 2.95. The van der Waals surface area contributed by atoms with Crippen LogP contribution >= 0.6 is 15.9 Å². The second-order valence-corrected chi connectivity index (χ2v) is 5.32. The molecule has 0 radical (unpaired) electrons. The summed E-state index contributed by atoms with van der Waals surface area (Å²) in [5.74, 6) is 0.688. The van der Waals surface area contributed by atoms with Crippen molar-refractivity contribution in [3.8, 4) is 11.4 Å². The van der Waals surface area contributed by atoms with Gasteiger partial charge in [-0.05, 0) is 47.2 Å². The Hall–Kier alpha value is -1.20. The monoisotopic (exact) mass is 309 g/mol. The van der Waals surface area contributed by atoms with Crippen LogP contribution in [0.15, 0.2) is 28.9 Å². The lowest BCUT2D eigenvalue weighted by Gasteiger charge is -2.25. The number of aromatic nitrogens is 2. The molecule has 0 saturated heterocycles. The van der Waals surface area contributed by atoms with Crippen molar-refractivity contribution in [2.75, 3.05) is 13.6 Å². The summed E-state index contributed by atoms with van der Waals surface area (Å²) in [7, 11) is 2.10. The minimum Gasteiger partial charge on any atom is -0.325 e. The van der Waals surface area contributed by atoms with Crippen molar-refractivity contribution in [2.24, 2.45) is 0 Å². The van der Waals surface area contributed by atoms with Crippen molar-refractivity contribution < 1.29 is 4.39 Å². The van der Waals surface area contributed by atoms with Gasteiger partial charge in [0.25, 0.3) is 0 Å². The summed E-state index contributed by atoms with van der Waals surface area (Å²) in [5.41, 5.74) is 2.14. The largest absolute Gasteiger partial charge is 0.325 e. The fraction of sp³-hybridized carbons (Fsp3) is 0.308. The molecule has 0 unspecified atom stereocenters. The van der Waals surface area contributed by atoms with E-state index in [1.54, 1.807) is 12.1 Å². The van der Waals surface area contributed by atoms with E-state index in [2.05, 4.69) is 37.4 Å². The van der Waals surface area contributed by atoms with Crippen molar-refractivity contribution in [1.82, 2.24) is 14.5 Å². The molecule has 0 N–H and O–H groups in total. The Bertz CT molecular complexity index is 577. The minimum absolute atomic E-state index is 0.219. The van der Waals surface area contributed by atoms with Crippen LogP contribution in [-0.2, 0) is 13.1 Å². The Balaban J connectivity index is 2.08. The molecule has 0 atom stereocenters. The first kappa shape index (κ1) is 11.9. The molecule has 5 heteroatoms. The van der Waals surface area contributed by atoms with Crippen molar-refractivity contribution >= 4 is 15.9 Å². The fourth-order valence-corrected chi connectivity index (χ4v) is 2.78. The van der Waals surface area contributed by atoms with Gasteiger partial charge in [-0.2, -0.15) is 0 Å². The molecule has 0 fully saturated rings. The summed E-state index contributed by atoms with van der Waals surface area (Å²) in [6, 6.07) is 6.49. The van der Waals surface area contributed by atoms with Gasteiger partial charge in [-0.15, -0.1) is 0 Å². The lowest BCUT2D eigenvalue weighted by molar-refractivity contribution is 0.270. The molecule has 0 bridgehead atoms. The summed E-state index contributed by atoms with van der Waals surface area (Å²) in [6.45, 7) is 2.80. The van der Waals surface area contributed by atoms with Crippen molar-refractivity contribution in [1.29, 1.82) is 0 Å². The quantitative estimate of drug-likeness (QED) is 0.807. The number of nitrogens with zero attached hydrogens (tertiary/aromatic N) is 3. The zero-order valence-electron chi connectivity index (χ0n) is 10.0. The van der Waals surface area contributed by atoms with E-state index in [-0.39, 0.29) is 5.82 Å². The summed E-state index contributed by atoms with van der Waals surface area (Å²) >= 11 is 3.51. The predicted molar refractivity (Wildman–Crippen MR) is 71.7 cm³/mol. The van der Waals surface area contributed by atoms with Gasteiger partial charge < -0.3 is 4.57 Å². The number of hydrogen-bond donors (Lipinski definition) is 0. The Morgan fingerprint density at radius 1 is 1.22 bits per heavy atom. The number of halogens is 2. The van der Waals surface area contributed by atoms with Crippen LogP contribution in [0.3, 0.4) is 0 Å². The molecule has 0 amide bonds. The number of imidazole rings is 1. The summed E-state index contributed by atoms with van der Waals surface area (Å²) in [6.07, 6.45) is 0. The minimum atomic E-state index is -0.219. The van der Waals surface area contributed by atoms with Gasteiger partial charge in [-0.3, -0.25) is 4.90 Å². The molecule has 0 aliphatic carbocycles. The van der Waals surface area contributed by atoms with Crippen LogP contribution < -0.4 is 0 Å². The van der Waals surface area contributed by atoms with Gasteiger partial charge in [-0.25, -0.2) is 9.37 Å². The third-order valence-electron chi connectivity index (χ3n) is 3.25. The van der Waals surface area contributed by atoms with Crippen LogP contribution in [0.5, 0.6) is 0 Å². The maximum atomic E-state index is 13.0. The van der Waals surface area contributed by atoms with Crippen molar-refractivity contribution in [3.05, 3.63) is 40.4 Å². The molecule has 3 nitrogen and oxygen atoms in total. The summed E-state index contributed by atoms with van der Waals surface area (Å²) in [5, 5.41) is 0. The van der Waals surface area contributed by atoms with Crippen LogP contribution in [0.1, 0.15) is 5.69 Å². The highest BCUT2D eigenvalue weighted by molar-refractivity contribution is 9.10. The van der Waals surface area contributed by atoms with Gasteiger partial charge in [0.15, 0.2) is 0 Å². The number of benzene rings is 1. The molecule has 1 aromatic heterocycles. The average Bonchev–Trinajstić information content (AvgIpc) is 2.68. The van der Waals surface area contributed by atoms with Gasteiger partial charge >= 0.3 is 0 Å². The highest BCUT2D eigenvalue weighted by atomic mass is 79.9. The van der Waals surface area contributed by atoms with Gasteiger partial charge in [0.1, 0.15) is 16.2 Å². The van der Waals surface area contributed by atoms with Crippen LogP contribution in [-0.4, -0.2) is 28.0 Å².